The molecule has 1 N–H and O–H groups in total. The number of methoxy groups -OCH3 is 1. The monoisotopic (exact) mass is 457 g/mol. The van der Waals surface area contributed by atoms with E-state index >= 15 is 0 Å². The van der Waals surface area contributed by atoms with Gasteiger partial charge in [0.15, 0.2) is 6.10 Å². The summed E-state index contributed by atoms with van der Waals surface area (Å²) in [6.45, 7) is 3.78. The van der Waals surface area contributed by atoms with Gasteiger partial charge in [-0.25, -0.2) is 0 Å². The highest BCUT2D eigenvalue weighted by atomic mass is 35.5. The number of carbonyl (C=O) groups is 2. The SMILES string of the molecule is COc1cc(Cl)c(C)cc1NC(=O)CN1CC(C(=O)N2CCCCC2)Oc2ccccc21. The van der Waals surface area contributed by atoms with Crippen molar-refractivity contribution in [3.05, 3.63) is 47.0 Å². The first kappa shape index (κ1) is 22.3. The van der Waals surface area contributed by atoms with Crippen molar-refractivity contribution in [2.45, 2.75) is 32.3 Å². The molecular formula is C24H28ClN3O4. The molecule has 1 saturated heterocycles. The number of likely N-dealkylation sites (tertiary alicyclic amines) is 1. The van der Waals surface area contributed by atoms with Crippen LogP contribution in [0.15, 0.2) is 36.4 Å². The second-order valence-electron chi connectivity index (χ2n) is 8.19. The summed E-state index contributed by atoms with van der Waals surface area (Å²) in [6.07, 6.45) is 2.55. The van der Waals surface area contributed by atoms with Gasteiger partial charge in [0.2, 0.25) is 5.91 Å². The Morgan fingerprint density at radius 2 is 1.94 bits per heavy atom. The fourth-order valence-corrected chi connectivity index (χ4v) is 4.35. The van der Waals surface area contributed by atoms with Crippen molar-refractivity contribution in [2.75, 3.05) is 43.5 Å². The topological polar surface area (TPSA) is 71.1 Å². The van der Waals surface area contributed by atoms with E-state index in [1.807, 2.05) is 41.0 Å². The predicted octanol–water partition coefficient (Wildman–Crippen LogP) is 3.88. The number of benzene rings is 2. The fourth-order valence-electron chi connectivity index (χ4n) is 4.20. The maximum absolute atomic E-state index is 13.1. The molecular weight excluding hydrogens is 430 g/mol. The maximum atomic E-state index is 13.1. The molecule has 0 saturated carbocycles. The summed E-state index contributed by atoms with van der Waals surface area (Å²) in [4.78, 5) is 29.8. The van der Waals surface area contributed by atoms with Gasteiger partial charge < -0.3 is 24.6 Å². The van der Waals surface area contributed by atoms with Gasteiger partial charge >= 0.3 is 0 Å². The Kier molecular flexibility index (Phi) is 6.74. The van der Waals surface area contributed by atoms with Crippen LogP contribution in [0.5, 0.6) is 11.5 Å². The Balaban J connectivity index is 1.51. The molecule has 1 unspecified atom stereocenters. The highest BCUT2D eigenvalue weighted by Gasteiger charge is 2.34. The average molecular weight is 458 g/mol. The zero-order chi connectivity index (χ0) is 22.7. The summed E-state index contributed by atoms with van der Waals surface area (Å²) in [5, 5.41) is 3.49. The van der Waals surface area contributed by atoms with Crippen molar-refractivity contribution in [3.8, 4) is 11.5 Å². The summed E-state index contributed by atoms with van der Waals surface area (Å²) in [5.74, 6) is 0.877. The van der Waals surface area contributed by atoms with E-state index in [0.717, 1.165) is 43.6 Å². The van der Waals surface area contributed by atoms with E-state index in [9.17, 15) is 9.59 Å². The molecule has 2 aliphatic rings. The quantitative estimate of drug-likeness (QED) is 0.737. The number of hydrogen-bond acceptors (Lipinski definition) is 5. The molecule has 2 heterocycles. The lowest BCUT2D eigenvalue weighted by Crippen LogP contribution is -2.52. The van der Waals surface area contributed by atoms with Crippen LogP contribution in [0, 0.1) is 6.92 Å². The molecule has 1 fully saturated rings. The van der Waals surface area contributed by atoms with Crippen LogP contribution in [0.25, 0.3) is 0 Å². The van der Waals surface area contributed by atoms with Crippen molar-refractivity contribution in [1.29, 1.82) is 0 Å². The number of para-hydroxylation sites is 2. The van der Waals surface area contributed by atoms with Gasteiger partial charge in [-0.05, 0) is 49.9 Å². The molecule has 2 aromatic rings. The van der Waals surface area contributed by atoms with E-state index in [1.165, 1.54) is 7.11 Å². The second-order valence-corrected chi connectivity index (χ2v) is 8.60. The molecule has 2 amide bonds. The van der Waals surface area contributed by atoms with E-state index in [0.29, 0.717) is 28.8 Å². The Morgan fingerprint density at radius 3 is 2.69 bits per heavy atom. The number of halogens is 1. The number of hydrogen-bond donors (Lipinski definition) is 1. The van der Waals surface area contributed by atoms with Gasteiger partial charge in [-0.2, -0.15) is 0 Å². The third kappa shape index (κ3) is 4.78. The van der Waals surface area contributed by atoms with Gasteiger partial charge in [0.05, 0.1) is 31.6 Å². The summed E-state index contributed by atoms with van der Waals surface area (Å²) < 4.78 is 11.4. The maximum Gasteiger partial charge on any atom is 0.265 e. The number of carbonyl (C=O) groups excluding carboxylic acids is 2. The molecule has 0 spiro atoms. The minimum atomic E-state index is -0.636. The number of ether oxygens (including phenoxy) is 2. The molecule has 2 aliphatic heterocycles. The van der Waals surface area contributed by atoms with Gasteiger partial charge in [0, 0.05) is 24.2 Å². The third-order valence-electron chi connectivity index (χ3n) is 5.89. The number of nitrogens with one attached hydrogen (secondary N) is 1. The first-order valence-electron chi connectivity index (χ1n) is 10.9. The van der Waals surface area contributed by atoms with Gasteiger partial charge in [-0.1, -0.05) is 23.7 Å². The Morgan fingerprint density at radius 1 is 1.19 bits per heavy atom. The molecule has 4 rings (SSSR count). The van der Waals surface area contributed by atoms with Gasteiger partial charge in [0.25, 0.3) is 5.91 Å². The van der Waals surface area contributed by atoms with Crippen LogP contribution in [0.3, 0.4) is 0 Å². The zero-order valence-electron chi connectivity index (χ0n) is 18.4. The number of nitrogens with zero attached hydrogens (tertiary/aromatic N) is 2. The molecule has 32 heavy (non-hydrogen) atoms. The van der Waals surface area contributed by atoms with Crippen LogP contribution in [0.4, 0.5) is 11.4 Å². The number of amides is 2. The number of rotatable bonds is 5. The van der Waals surface area contributed by atoms with E-state index in [1.54, 1.807) is 12.1 Å². The van der Waals surface area contributed by atoms with E-state index in [4.69, 9.17) is 21.1 Å². The molecule has 0 aromatic heterocycles. The lowest BCUT2D eigenvalue weighted by molar-refractivity contribution is -0.139. The average Bonchev–Trinajstić information content (AvgIpc) is 2.81. The summed E-state index contributed by atoms with van der Waals surface area (Å²) in [5.41, 5.74) is 2.19. The van der Waals surface area contributed by atoms with E-state index in [2.05, 4.69) is 5.32 Å². The summed E-state index contributed by atoms with van der Waals surface area (Å²) in [7, 11) is 1.53. The Hall–Kier alpha value is -2.93. The molecule has 8 heteroatoms. The Labute approximate surface area is 193 Å². The number of piperidine rings is 1. The zero-order valence-corrected chi connectivity index (χ0v) is 19.2. The minimum absolute atomic E-state index is 0.0143. The van der Waals surface area contributed by atoms with Gasteiger partial charge in [-0.3, -0.25) is 9.59 Å². The van der Waals surface area contributed by atoms with Crippen LogP contribution >= 0.6 is 11.6 Å². The molecule has 0 bridgehead atoms. The number of aryl methyl sites for hydroxylation is 1. The van der Waals surface area contributed by atoms with Crippen molar-refractivity contribution >= 4 is 34.8 Å². The van der Waals surface area contributed by atoms with Crippen molar-refractivity contribution in [2.24, 2.45) is 0 Å². The van der Waals surface area contributed by atoms with Crippen LogP contribution in [0.2, 0.25) is 5.02 Å². The van der Waals surface area contributed by atoms with Crippen molar-refractivity contribution < 1.29 is 19.1 Å². The third-order valence-corrected chi connectivity index (χ3v) is 6.30. The first-order chi connectivity index (χ1) is 15.5. The largest absolute Gasteiger partial charge is 0.495 e. The van der Waals surface area contributed by atoms with Crippen LogP contribution in [-0.4, -0.2) is 56.1 Å². The van der Waals surface area contributed by atoms with Crippen LogP contribution in [-0.2, 0) is 9.59 Å². The molecule has 0 aliphatic carbocycles. The van der Waals surface area contributed by atoms with Crippen molar-refractivity contribution in [1.82, 2.24) is 4.90 Å². The van der Waals surface area contributed by atoms with E-state index < -0.39 is 6.10 Å². The normalized spacial score (nSPS) is 17.9. The standard InChI is InChI=1S/C24H28ClN3O4/c1-16-12-18(21(31-2)13-17(16)25)26-23(29)15-28-14-22(24(30)27-10-6-3-7-11-27)32-20-9-5-4-8-19(20)28/h4-5,8-9,12-13,22H,3,6-7,10-11,14-15H2,1-2H3,(H,26,29). The molecule has 7 nitrogen and oxygen atoms in total. The lowest BCUT2D eigenvalue weighted by atomic mass is 10.1. The molecule has 0 radical (unpaired) electrons. The molecule has 1 atom stereocenters. The van der Waals surface area contributed by atoms with Gasteiger partial charge in [0.1, 0.15) is 11.5 Å². The summed E-state index contributed by atoms with van der Waals surface area (Å²) in [6, 6.07) is 11.0. The second kappa shape index (κ2) is 9.69. The van der Waals surface area contributed by atoms with Crippen molar-refractivity contribution in [3.63, 3.8) is 0 Å². The Bertz CT molecular complexity index is 1010. The number of anilines is 2. The van der Waals surface area contributed by atoms with Gasteiger partial charge in [-0.15, -0.1) is 0 Å². The summed E-state index contributed by atoms with van der Waals surface area (Å²) >= 11 is 6.17. The predicted molar refractivity (Wildman–Crippen MR) is 125 cm³/mol. The fraction of sp³-hybridized carbons (Fsp3) is 0.417. The molecule has 2 aromatic carbocycles. The first-order valence-corrected chi connectivity index (χ1v) is 11.3. The smallest absolute Gasteiger partial charge is 0.265 e. The highest BCUT2D eigenvalue weighted by molar-refractivity contribution is 6.31. The van der Waals surface area contributed by atoms with Crippen LogP contribution in [0.1, 0.15) is 24.8 Å². The lowest BCUT2D eigenvalue weighted by Gasteiger charge is -2.38. The van der Waals surface area contributed by atoms with E-state index in [-0.39, 0.29) is 18.4 Å². The van der Waals surface area contributed by atoms with Crippen LogP contribution < -0.4 is 19.7 Å². The highest BCUT2D eigenvalue weighted by Crippen LogP contribution is 2.34. The molecule has 170 valence electrons. The minimum Gasteiger partial charge on any atom is -0.495 e. The number of fused-ring (bicyclic) bond motifs is 1.